The Labute approximate surface area is 289 Å². The molecule has 6 rings (SSSR count). The molecule has 3 saturated carbocycles. The van der Waals surface area contributed by atoms with Crippen LogP contribution in [0.3, 0.4) is 0 Å². The first-order chi connectivity index (χ1) is 23.2. The molecular formula is C38H45F5N2O5. The third-order valence-electron chi connectivity index (χ3n) is 12.6. The van der Waals surface area contributed by atoms with E-state index in [4.69, 9.17) is 14.7 Å². The predicted octanol–water partition coefficient (Wildman–Crippen LogP) is 7.48. The summed E-state index contributed by atoms with van der Waals surface area (Å²) >= 11 is 0. The molecule has 272 valence electrons. The van der Waals surface area contributed by atoms with Crippen LogP contribution in [0.2, 0.25) is 0 Å². The molecule has 1 aromatic carbocycles. The number of nitrogens with zero attached hydrogens (tertiary/aromatic N) is 2. The lowest BCUT2D eigenvalue weighted by atomic mass is 9.49. The fourth-order valence-electron chi connectivity index (χ4n) is 9.82. The van der Waals surface area contributed by atoms with E-state index in [-0.39, 0.29) is 43.9 Å². The predicted molar refractivity (Wildman–Crippen MR) is 172 cm³/mol. The van der Waals surface area contributed by atoms with Gasteiger partial charge in [-0.1, -0.05) is 62.8 Å². The zero-order valence-electron chi connectivity index (χ0n) is 28.6. The zero-order chi connectivity index (χ0) is 36.6. The standard InChI is InChI=1S/C38H45F5N2O5/c1-31(2)22-49-35(50-23-31)15-11-29-30-26(10-14-34(29,47)20-35)28-12-16-36(48,37(39,40)38(41,42)43)32(28,3)19-27(30)25-8-6-24(7-9-25)5-4-13-33(46,21-45)17-18-44/h4-9,26-28,46-48H,10-17,19-20,22-23H2,1-3H3/b5-4+/t26-,27+,28-,32-,33?,34+,36-/m0/s1. The fourth-order valence-corrected chi connectivity index (χ4v) is 9.82. The van der Waals surface area contributed by atoms with Crippen molar-refractivity contribution in [3.8, 4) is 12.1 Å². The molecule has 4 aliphatic carbocycles. The van der Waals surface area contributed by atoms with Crippen LogP contribution in [0.1, 0.15) is 102 Å². The van der Waals surface area contributed by atoms with Gasteiger partial charge in [-0.15, -0.1) is 0 Å². The van der Waals surface area contributed by atoms with Crippen LogP contribution in [0.25, 0.3) is 6.08 Å². The van der Waals surface area contributed by atoms with E-state index in [1.807, 2.05) is 13.8 Å². The van der Waals surface area contributed by atoms with Crippen LogP contribution in [0.15, 0.2) is 41.5 Å². The first-order valence-corrected chi connectivity index (χ1v) is 17.4. The minimum atomic E-state index is -5.94. The Balaban J connectivity index is 1.40. The summed E-state index contributed by atoms with van der Waals surface area (Å²) in [7, 11) is 0. The van der Waals surface area contributed by atoms with E-state index in [1.165, 1.54) is 6.92 Å². The highest BCUT2D eigenvalue weighted by Gasteiger charge is 2.79. The minimum Gasteiger partial charge on any atom is -0.385 e. The summed E-state index contributed by atoms with van der Waals surface area (Å²) in [6.07, 6.45) is -2.33. The van der Waals surface area contributed by atoms with Crippen molar-refractivity contribution >= 4 is 6.08 Å². The van der Waals surface area contributed by atoms with Crippen LogP contribution in [0.5, 0.6) is 0 Å². The highest BCUT2D eigenvalue weighted by Crippen LogP contribution is 2.71. The van der Waals surface area contributed by atoms with E-state index in [9.17, 15) is 33.8 Å². The molecular weight excluding hydrogens is 659 g/mol. The fraction of sp³-hybridized carbons (Fsp3) is 0.684. The molecule has 1 saturated heterocycles. The van der Waals surface area contributed by atoms with Gasteiger partial charge in [-0.2, -0.15) is 32.5 Å². The summed E-state index contributed by atoms with van der Waals surface area (Å²) in [5, 5.41) is 52.4. The Morgan fingerprint density at radius 3 is 2.22 bits per heavy atom. The lowest BCUT2D eigenvalue weighted by Crippen LogP contribution is -2.65. The number of nitriles is 2. The van der Waals surface area contributed by atoms with Gasteiger partial charge in [0.15, 0.2) is 11.4 Å². The number of alkyl halides is 5. The third kappa shape index (κ3) is 5.80. The Bertz CT molecular complexity index is 1630. The third-order valence-corrected chi connectivity index (χ3v) is 12.6. The van der Waals surface area contributed by atoms with Gasteiger partial charge in [0.05, 0.1) is 37.4 Å². The number of aliphatic hydroxyl groups is 3. The second-order valence-corrected chi connectivity index (χ2v) is 16.4. The van der Waals surface area contributed by atoms with Crippen LogP contribution >= 0.6 is 0 Å². The van der Waals surface area contributed by atoms with E-state index < -0.39 is 64.3 Å². The van der Waals surface area contributed by atoms with Gasteiger partial charge in [-0.25, -0.2) is 0 Å². The number of hydrogen-bond donors (Lipinski definition) is 3. The second-order valence-electron chi connectivity index (χ2n) is 16.4. The number of benzene rings is 1. The van der Waals surface area contributed by atoms with Gasteiger partial charge in [0, 0.05) is 36.0 Å². The van der Waals surface area contributed by atoms with E-state index in [0.717, 1.165) is 11.1 Å². The quantitative estimate of drug-likeness (QED) is 0.159. The molecule has 7 nitrogen and oxygen atoms in total. The van der Waals surface area contributed by atoms with Crippen LogP contribution in [-0.4, -0.2) is 63.2 Å². The average Bonchev–Trinajstić information content (AvgIpc) is 3.33. The molecule has 4 fully saturated rings. The van der Waals surface area contributed by atoms with Crippen LogP contribution in [0, 0.1) is 45.3 Å². The van der Waals surface area contributed by atoms with Crippen molar-refractivity contribution in [1.29, 1.82) is 10.5 Å². The Morgan fingerprint density at radius 1 is 0.960 bits per heavy atom. The molecule has 5 aliphatic rings. The van der Waals surface area contributed by atoms with Gasteiger partial charge < -0.3 is 24.8 Å². The largest absolute Gasteiger partial charge is 0.456 e. The summed E-state index contributed by atoms with van der Waals surface area (Å²) in [5.74, 6) is -8.04. The van der Waals surface area contributed by atoms with Crippen LogP contribution < -0.4 is 0 Å². The molecule has 0 aromatic heterocycles. The molecule has 7 atom stereocenters. The molecule has 0 amide bonds. The molecule has 50 heavy (non-hydrogen) atoms. The summed E-state index contributed by atoms with van der Waals surface area (Å²) in [5.41, 5.74) is -5.46. The number of hydrogen-bond acceptors (Lipinski definition) is 7. The Morgan fingerprint density at radius 2 is 1.62 bits per heavy atom. The van der Waals surface area contributed by atoms with Gasteiger partial charge in [0.25, 0.3) is 0 Å². The van der Waals surface area contributed by atoms with Gasteiger partial charge in [0.2, 0.25) is 0 Å². The van der Waals surface area contributed by atoms with E-state index in [2.05, 4.69) is 0 Å². The molecule has 1 aromatic rings. The van der Waals surface area contributed by atoms with Crippen molar-refractivity contribution in [1.82, 2.24) is 0 Å². The Kier molecular flexibility index (Phi) is 8.93. The maximum atomic E-state index is 15.4. The second kappa shape index (κ2) is 12.1. The topological polar surface area (TPSA) is 127 Å². The van der Waals surface area contributed by atoms with E-state index in [0.29, 0.717) is 43.6 Å². The smallest absolute Gasteiger partial charge is 0.385 e. The van der Waals surface area contributed by atoms with Gasteiger partial charge in [0.1, 0.15) is 5.60 Å². The monoisotopic (exact) mass is 704 g/mol. The first kappa shape index (κ1) is 36.9. The van der Waals surface area contributed by atoms with Gasteiger partial charge in [-0.3, -0.25) is 0 Å². The minimum absolute atomic E-state index is 0.00108. The van der Waals surface area contributed by atoms with Gasteiger partial charge in [-0.05, 0) is 67.1 Å². The number of ether oxygens (including phenoxy) is 2. The molecule has 0 bridgehead atoms. The molecule has 1 aliphatic heterocycles. The molecule has 1 spiro atoms. The normalized spacial score (nSPS) is 36.2. The highest BCUT2D eigenvalue weighted by atomic mass is 19.4. The first-order valence-electron chi connectivity index (χ1n) is 17.4. The molecule has 1 heterocycles. The maximum Gasteiger partial charge on any atom is 0.456 e. The van der Waals surface area contributed by atoms with Crippen molar-refractivity contribution < 1.29 is 46.7 Å². The zero-order valence-corrected chi connectivity index (χ0v) is 28.6. The molecule has 1 unspecified atom stereocenters. The van der Waals surface area contributed by atoms with Gasteiger partial charge >= 0.3 is 12.1 Å². The van der Waals surface area contributed by atoms with E-state index >= 15 is 8.78 Å². The van der Waals surface area contributed by atoms with Crippen molar-refractivity contribution in [2.75, 3.05) is 13.2 Å². The summed E-state index contributed by atoms with van der Waals surface area (Å²) in [6.45, 7) is 6.37. The van der Waals surface area contributed by atoms with Crippen molar-refractivity contribution in [2.24, 2.45) is 22.7 Å². The number of fused-ring (bicyclic) bond motifs is 4. The maximum absolute atomic E-state index is 15.4. The molecule has 3 N–H and O–H groups in total. The lowest BCUT2D eigenvalue weighted by Gasteiger charge is -2.59. The average molecular weight is 705 g/mol. The summed E-state index contributed by atoms with van der Waals surface area (Å²) in [4.78, 5) is 0. The van der Waals surface area contributed by atoms with Crippen molar-refractivity contribution in [2.45, 2.75) is 126 Å². The number of allylic oxidation sites excluding steroid dienone is 1. The summed E-state index contributed by atoms with van der Waals surface area (Å²) < 4.78 is 85.2. The highest BCUT2D eigenvalue weighted by molar-refractivity contribution is 5.52. The van der Waals surface area contributed by atoms with Crippen molar-refractivity contribution in [3.05, 3.63) is 52.6 Å². The SMILES string of the molecule is CC1(C)COC2(CCC3=C4[C@@H](CC[C@@]3(O)C2)[C@@H]2CC[C@@](O)(C(F)(F)C(F)(F)F)[C@@]2(C)C[C@@H]4c2ccc(/C=C/CC(O)(C#N)CC#N)cc2)OC1. The lowest BCUT2D eigenvalue weighted by molar-refractivity contribution is -0.362. The Hall–Kier alpha value is -2.87. The number of halogens is 5. The van der Waals surface area contributed by atoms with Crippen LogP contribution in [-0.2, 0) is 9.47 Å². The molecule has 0 radical (unpaired) electrons. The summed E-state index contributed by atoms with van der Waals surface area (Å²) in [6, 6.07) is 10.6. The van der Waals surface area contributed by atoms with Crippen molar-refractivity contribution in [3.63, 3.8) is 0 Å². The number of rotatable bonds is 6. The van der Waals surface area contributed by atoms with E-state index in [1.54, 1.807) is 48.6 Å². The van der Waals surface area contributed by atoms with Crippen LogP contribution in [0.4, 0.5) is 22.0 Å². The molecule has 12 heteroatoms.